The second-order valence-electron chi connectivity index (χ2n) is 11.1. The van der Waals surface area contributed by atoms with Crippen LogP contribution in [0.2, 0.25) is 0 Å². The van der Waals surface area contributed by atoms with Gasteiger partial charge in [-0.15, -0.1) is 0 Å². The first-order chi connectivity index (χ1) is 22.7. The molecule has 1 fully saturated rings. The summed E-state index contributed by atoms with van der Waals surface area (Å²) in [6, 6.07) is 24.9. The summed E-state index contributed by atoms with van der Waals surface area (Å²) in [6.45, 7) is 1.58. The van der Waals surface area contributed by atoms with Crippen molar-refractivity contribution < 1.29 is 33.6 Å². The fourth-order valence-corrected chi connectivity index (χ4v) is 5.72. The smallest absolute Gasteiger partial charge is 0.351 e. The molecule has 0 spiro atoms. The van der Waals surface area contributed by atoms with Gasteiger partial charge in [-0.2, -0.15) is 4.98 Å². The maximum absolute atomic E-state index is 13.0. The van der Waals surface area contributed by atoms with Crippen molar-refractivity contribution in [2.75, 3.05) is 40.2 Å². The molecule has 1 amide bonds. The summed E-state index contributed by atoms with van der Waals surface area (Å²) in [5.74, 6) is 1.21. The molecule has 5 rings (SSSR count). The van der Waals surface area contributed by atoms with Crippen molar-refractivity contribution in [2.24, 2.45) is 0 Å². The minimum absolute atomic E-state index is 0.0172. The number of anilines is 1. The largest absolute Gasteiger partial charge is 0.497 e. The third-order valence-corrected chi connectivity index (χ3v) is 8.32. The number of hydrogen-bond acceptors (Lipinski definition) is 10. The van der Waals surface area contributed by atoms with E-state index in [4.69, 9.17) is 29.4 Å². The van der Waals surface area contributed by atoms with E-state index in [-0.39, 0.29) is 31.4 Å². The first-order valence-electron chi connectivity index (χ1n) is 15.2. The number of ether oxygens (including phenoxy) is 5. The normalized spacial score (nSPS) is 19.3. The van der Waals surface area contributed by atoms with Gasteiger partial charge in [-0.05, 0) is 47.9 Å². The van der Waals surface area contributed by atoms with Crippen LogP contribution in [-0.4, -0.2) is 73.4 Å². The number of benzene rings is 3. The molecule has 12 heteroatoms. The highest BCUT2D eigenvalue weighted by Crippen LogP contribution is 2.43. The zero-order chi connectivity index (χ0) is 33.6. The van der Waals surface area contributed by atoms with E-state index in [0.29, 0.717) is 17.1 Å². The number of rotatable bonds is 13. The number of methoxy groups -OCH3 is 2. The summed E-state index contributed by atoms with van der Waals surface area (Å²) in [4.78, 5) is 28.8. The minimum atomic E-state index is -1.24. The number of aliphatic hydroxyl groups is 1. The van der Waals surface area contributed by atoms with E-state index in [1.54, 1.807) is 21.1 Å². The lowest BCUT2D eigenvalue weighted by atomic mass is 9.80. The molecule has 0 bridgehead atoms. The number of aliphatic hydroxyl groups excluding tert-OH is 1. The third-order valence-electron chi connectivity index (χ3n) is 8.32. The molecule has 0 unspecified atom stereocenters. The first-order valence-corrected chi connectivity index (χ1v) is 15.2. The number of hydrogen-bond donors (Lipinski definition) is 3. The highest BCUT2D eigenvalue weighted by molar-refractivity contribution is 5.75. The van der Waals surface area contributed by atoms with Gasteiger partial charge in [0.25, 0.3) is 0 Å². The van der Waals surface area contributed by atoms with Crippen LogP contribution >= 0.6 is 0 Å². The van der Waals surface area contributed by atoms with Crippen LogP contribution in [0, 0.1) is 6.92 Å². The van der Waals surface area contributed by atoms with Crippen molar-refractivity contribution in [1.29, 1.82) is 0 Å². The number of carbonyl (C=O) groups excluding carboxylic acids is 1. The second-order valence-corrected chi connectivity index (χ2v) is 11.1. The SMILES string of the molecule is CNC(=O)CCO[C@@H]1[C@@H](O)[C@@H](COC(c2ccccc2)(c2ccc(OC)cc2)c2ccc(OC)cc2)O[C@H]1n1cc(C)c(N)nc1=O. The number of amides is 1. The van der Waals surface area contributed by atoms with Crippen molar-refractivity contribution in [3.8, 4) is 11.5 Å². The molecule has 0 aliphatic carbocycles. The van der Waals surface area contributed by atoms with Gasteiger partial charge >= 0.3 is 5.69 Å². The van der Waals surface area contributed by atoms with E-state index in [1.807, 2.05) is 78.9 Å². The van der Waals surface area contributed by atoms with Gasteiger partial charge in [-0.1, -0.05) is 54.6 Å². The van der Waals surface area contributed by atoms with E-state index < -0.39 is 35.8 Å². The van der Waals surface area contributed by atoms with Crippen molar-refractivity contribution in [3.63, 3.8) is 0 Å². The summed E-state index contributed by atoms with van der Waals surface area (Å²) in [5, 5.41) is 14.2. The summed E-state index contributed by atoms with van der Waals surface area (Å²) in [7, 11) is 4.73. The lowest BCUT2D eigenvalue weighted by molar-refractivity contribution is -0.124. The molecule has 1 saturated heterocycles. The number of nitrogens with zero attached hydrogens (tertiary/aromatic N) is 2. The number of aryl methyl sites for hydroxylation is 1. The molecule has 2 heterocycles. The number of aromatic nitrogens is 2. The number of nitrogens with two attached hydrogens (primary N) is 1. The first kappa shape index (κ1) is 33.6. The Morgan fingerprint density at radius 1 is 0.979 bits per heavy atom. The van der Waals surface area contributed by atoms with Crippen molar-refractivity contribution in [2.45, 2.75) is 43.5 Å². The van der Waals surface area contributed by atoms with Gasteiger partial charge in [0, 0.05) is 25.2 Å². The molecular formula is C35H40N4O8. The molecule has 47 heavy (non-hydrogen) atoms. The van der Waals surface area contributed by atoms with Crippen molar-refractivity contribution >= 4 is 11.7 Å². The van der Waals surface area contributed by atoms with Crippen LogP contribution in [0.4, 0.5) is 5.82 Å². The second kappa shape index (κ2) is 14.8. The van der Waals surface area contributed by atoms with Crippen LogP contribution in [0.5, 0.6) is 11.5 Å². The molecule has 248 valence electrons. The average Bonchev–Trinajstić information content (AvgIpc) is 3.41. The van der Waals surface area contributed by atoms with Crippen LogP contribution in [0.15, 0.2) is 89.9 Å². The molecule has 0 saturated carbocycles. The molecule has 4 aromatic rings. The Hall–Kier alpha value is -4.75. The summed E-state index contributed by atoms with van der Waals surface area (Å²) in [6.07, 6.45) is -2.72. The molecule has 0 radical (unpaired) electrons. The highest BCUT2D eigenvalue weighted by atomic mass is 16.6. The molecule has 3 aromatic carbocycles. The Bertz CT molecular complexity index is 1650. The average molecular weight is 645 g/mol. The van der Waals surface area contributed by atoms with E-state index in [1.165, 1.54) is 17.8 Å². The molecule has 12 nitrogen and oxygen atoms in total. The maximum Gasteiger partial charge on any atom is 0.351 e. The molecule has 1 aromatic heterocycles. The van der Waals surface area contributed by atoms with Crippen LogP contribution in [0.1, 0.15) is 34.9 Å². The van der Waals surface area contributed by atoms with Crippen LogP contribution in [0.25, 0.3) is 0 Å². The van der Waals surface area contributed by atoms with Gasteiger partial charge in [-0.25, -0.2) is 4.79 Å². The fourth-order valence-electron chi connectivity index (χ4n) is 5.72. The Kier molecular flexibility index (Phi) is 10.6. The maximum atomic E-state index is 13.0. The number of nitrogens with one attached hydrogen (secondary N) is 1. The quantitative estimate of drug-likeness (QED) is 0.185. The van der Waals surface area contributed by atoms with Gasteiger partial charge in [0.1, 0.15) is 41.2 Å². The molecule has 4 N–H and O–H groups in total. The molecule has 1 aliphatic heterocycles. The Labute approximate surface area is 273 Å². The van der Waals surface area contributed by atoms with Crippen LogP contribution < -0.4 is 26.2 Å². The lowest BCUT2D eigenvalue weighted by Crippen LogP contribution is -2.41. The van der Waals surface area contributed by atoms with E-state index in [9.17, 15) is 14.7 Å². The monoisotopic (exact) mass is 644 g/mol. The molecule has 1 aliphatic rings. The lowest BCUT2D eigenvalue weighted by Gasteiger charge is -2.37. The fraction of sp³-hybridized carbons (Fsp3) is 0.343. The van der Waals surface area contributed by atoms with Gasteiger partial charge in [0.15, 0.2) is 6.23 Å². The van der Waals surface area contributed by atoms with Gasteiger partial charge in [0.05, 0.1) is 27.4 Å². The van der Waals surface area contributed by atoms with Crippen LogP contribution in [-0.2, 0) is 24.6 Å². The van der Waals surface area contributed by atoms with E-state index in [2.05, 4.69) is 10.3 Å². The molecular weight excluding hydrogens is 604 g/mol. The zero-order valence-electron chi connectivity index (χ0n) is 26.8. The Balaban J connectivity index is 1.55. The van der Waals surface area contributed by atoms with E-state index in [0.717, 1.165) is 16.7 Å². The predicted octanol–water partition coefficient (Wildman–Crippen LogP) is 2.94. The minimum Gasteiger partial charge on any atom is -0.497 e. The van der Waals surface area contributed by atoms with Gasteiger partial charge in [-0.3, -0.25) is 9.36 Å². The number of carbonyl (C=O) groups is 1. The van der Waals surface area contributed by atoms with Gasteiger partial charge < -0.3 is 39.8 Å². The Morgan fingerprint density at radius 2 is 1.55 bits per heavy atom. The Morgan fingerprint density at radius 3 is 2.11 bits per heavy atom. The topological polar surface area (TPSA) is 156 Å². The zero-order valence-corrected chi connectivity index (χ0v) is 26.8. The summed E-state index contributed by atoms with van der Waals surface area (Å²) >= 11 is 0. The molecule has 4 atom stereocenters. The van der Waals surface area contributed by atoms with Crippen molar-refractivity contribution in [3.05, 3.63) is 118 Å². The van der Waals surface area contributed by atoms with E-state index >= 15 is 0 Å². The predicted molar refractivity (Wildman–Crippen MR) is 174 cm³/mol. The summed E-state index contributed by atoms with van der Waals surface area (Å²) in [5.41, 5.74) is 7.01. The van der Waals surface area contributed by atoms with Crippen molar-refractivity contribution in [1.82, 2.24) is 14.9 Å². The third kappa shape index (κ3) is 7.00. The number of nitrogen functional groups attached to an aromatic ring is 1. The standard InChI is InChI=1S/C35H40N4O8/c1-22-20-39(34(42)38-32(22)36)33-31(45-19-18-29(40)37-2)30(41)28(47-33)21-46-35(23-8-6-5-7-9-23,24-10-14-26(43-3)15-11-24)25-12-16-27(44-4)17-13-25/h5-17,20,28,30-31,33,41H,18-19,21H2,1-4H3,(H,37,40)(H2,36,38,42)/t28-,30+,31-,33-/m1/s1. The highest BCUT2D eigenvalue weighted by Gasteiger charge is 2.48. The van der Waals surface area contributed by atoms with Gasteiger partial charge in [0.2, 0.25) is 5.91 Å². The van der Waals surface area contributed by atoms with Crippen LogP contribution in [0.3, 0.4) is 0 Å². The summed E-state index contributed by atoms with van der Waals surface area (Å²) < 4.78 is 31.4.